The average Bonchev–Trinajstić information content (AvgIpc) is 3.00. The Morgan fingerprint density at radius 2 is 1.81 bits per heavy atom. The third kappa shape index (κ3) is 8.78. The van der Waals surface area contributed by atoms with Crippen LogP contribution in [-0.4, -0.2) is 59.2 Å². The average molecular weight is 588 g/mol. The van der Waals surface area contributed by atoms with Crippen LogP contribution in [0.5, 0.6) is 5.75 Å². The molecule has 3 aromatic rings. The molecule has 43 heavy (non-hydrogen) atoms. The molecule has 0 radical (unpaired) electrons. The number of nitriles is 1. The molecular weight excluding hydrogens is 550 g/mol. The fourth-order valence-electron chi connectivity index (χ4n) is 4.41. The highest BCUT2D eigenvalue weighted by molar-refractivity contribution is 5.77. The van der Waals surface area contributed by atoms with Gasteiger partial charge in [-0.25, -0.2) is 15.2 Å². The topological polar surface area (TPSA) is 161 Å². The lowest BCUT2D eigenvalue weighted by molar-refractivity contribution is -0.384. The molecule has 1 aromatic heterocycles. The monoisotopic (exact) mass is 587 g/mol. The van der Waals surface area contributed by atoms with Gasteiger partial charge in [-0.1, -0.05) is 19.1 Å². The molecule has 4 N–H and O–H groups in total. The van der Waals surface area contributed by atoms with E-state index in [-0.39, 0.29) is 11.2 Å². The van der Waals surface area contributed by atoms with E-state index in [2.05, 4.69) is 49.3 Å². The number of likely N-dealkylation sites (N-methyl/N-ethyl adjacent to an activating group) is 1. The van der Waals surface area contributed by atoms with Crippen molar-refractivity contribution < 1.29 is 14.5 Å². The largest absolute Gasteiger partial charge is 0.427 e. The molecule has 0 bridgehead atoms. The van der Waals surface area contributed by atoms with Crippen LogP contribution in [0, 0.1) is 21.4 Å². The van der Waals surface area contributed by atoms with Crippen LogP contribution < -0.4 is 31.1 Å². The van der Waals surface area contributed by atoms with E-state index in [0.29, 0.717) is 35.1 Å². The zero-order valence-electron chi connectivity index (χ0n) is 24.8. The number of piperazine rings is 1. The maximum atomic E-state index is 12.7. The molecule has 1 aliphatic rings. The number of non-ortho nitro benzene ring substituents is 1. The Morgan fingerprint density at radius 1 is 1.09 bits per heavy atom. The lowest BCUT2D eigenvalue weighted by Gasteiger charge is -2.35. The maximum absolute atomic E-state index is 12.7. The summed E-state index contributed by atoms with van der Waals surface area (Å²) in [6.45, 7) is 12.9. The molecule has 0 saturated carbocycles. The second-order valence-corrected chi connectivity index (χ2v) is 11.1. The van der Waals surface area contributed by atoms with Gasteiger partial charge >= 0.3 is 6.09 Å². The fraction of sp³-hybridized carbons (Fsp3) is 0.367. The van der Waals surface area contributed by atoms with Gasteiger partial charge in [-0.15, -0.1) is 0 Å². The summed E-state index contributed by atoms with van der Waals surface area (Å²) in [6.07, 6.45) is 0.784. The number of hydrazine groups is 1. The van der Waals surface area contributed by atoms with Gasteiger partial charge in [0.1, 0.15) is 11.9 Å². The van der Waals surface area contributed by atoms with Crippen molar-refractivity contribution in [3.05, 3.63) is 76.0 Å². The predicted octanol–water partition coefficient (Wildman–Crippen LogP) is 4.75. The quantitative estimate of drug-likeness (QED) is 0.191. The number of pyridine rings is 1. The Balaban J connectivity index is 1.55. The lowest BCUT2D eigenvalue weighted by atomic mass is 10.1. The molecule has 2 aromatic carbocycles. The lowest BCUT2D eigenvalue weighted by Crippen LogP contribution is -2.49. The van der Waals surface area contributed by atoms with Gasteiger partial charge in [0, 0.05) is 74.4 Å². The number of nitro groups is 1. The van der Waals surface area contributed by atoms with E-state index in [4.69, 9.17) is 4.74 Å². The van der Waals surface area contributed by atoms with E-state index >= 15 is 0 Å². The minimum absolute atomic E-state index is 0.00647. The number of carbonyl (C=O) groups is 1. The van der Waals surface area contributed by atoms with E-state index in [1.807, 2.05) is 39.0 Å². The maximum Gasteiger partial charge on any atom is 0.427 e. The molecule has 0 spiro atoms. The number of aromatic nitrogens is 1. The SMILES string of the molecule is CCN1CCN(c2ccc(Nc3cc(NCc4ccc([N+](=O)[O-])cc4)c(C#N)cn3)c(OC(=O)NNC(C)(C)C)c2)CC1. The Hall–Kier alpha value is -4.93. The van der Waals surface area contributed by atoms with Crippen molar-refractivity contribution in [2.45, 2.75) is 39.8 Å². The van der Waals surface area contributed by atoms with E-state index in [1.54, 1.807) is 18.2 Å². The van der Waals surface area contributed by atoms with Crippen molar-refractivity contribution in [3.8, 4) is 11.8 Å². The summed E-state index contributed by atoms with van der Waals surface area (Å²) in [5, 5.41) is 27.0. The van der Waals surface area contributed by atoms with Crippen LogP contribution in [0.4, 0.5) is 33.4 Å². The van der Waals surface area contributed by atoms with Crippen LogP contribution >= 0.6 is 0 Å². The molecule has 0 atom stereocenters. The van der Waals surface area contributed by atoms with Gasteiger partial charge in [0.25, 0.3) is 5.69 Å². The number of hydrogen-bond donors (Lipinski definition) is 4. The highest BCUT2D eigenvalue weighted by Gasteiger charge is 2.20. The summed E-state index contributed by atoms with van der Waals surface area (Å²) >= 11 is 0. The first-order valence-corrected chi connectivity index (χ1v) is 14.1. The number of nitro benzene ring substituents is 1. The minimum atomic E-state index is -0.663. The molecule has 0 unspecified atom stereocenters. The number of anilines is 4. The van der Waals surface area contributed by atoms with Crippen LogP contribution in [0.15, 0.2) is 54.7 Å². The summed E-state index contributed by atoms with van der Waals surface area (Å²) < 4.78 is 5.74. The Labute approximate surface area is 251 Å². The molecule has 226 valence electrons. The van der Waals surface area contributed by atoms with E-state index in [0.717, 1.165) is 44.0 Å². The second kappa shape index (κ2) is 13.8. The molecule has 4 rings (SSSR count). The van der Waals surface area contributed by atoms with Crippen LogP contribution in [0.3, 0.4) is 0 Å². The Morgan fingerprint density at radius 3 is 2.44 bits per heavy atom. The van der Waals surface area contributed by atoms with Crippen molar-refractivity contribution >= 4 is 34.7 Å². The third-order valence-corrected chi connectivity index (χ3v) is 6.81. The van der Waals surface area contributed by atoms with Crippen LogP contribution in [0.1, 0.15) is 38.8 Å². The molecule has 1 amide bonds. The van der Waals surface area contributed by atoms with Crippen LogP contribution in [-0.2, 0) is 6.54 Å². The van der Waals surface area contributed by atoms with Crippen molar-refractivity contribution in [1.29, 1.82) is 5.26 Å². The first kappa shape index (κ1) is 31.0. The Kier molecular flexibility index (Phi) is 9.97. The van der Waals surface area contributed by atoms with Gasteiger partial charge in [-0.2, -0.15) is 5.26 Å². The second-order valence-electron chi connectivity index (χ2n) is 11.1. The van der Waals surface area contributed by atoms with Crippen molar-refractivity contribution in [1.82, 2.24) is 20.7 Å². The number of amides is 1. The van der Waals surface area contributed by atoms with Gasteiger partial charge in [0.05, 0.1) is 21.9 Å². The molecule has 0 aliphatic carbocycles. The van der Waals surface area contributed by atoms with Gasteiger partial charge in [-0.3, -0.25) is 15.5 Å². The van der Waals surface area contributed by atoms with E-state index in [1.165, 1.54) is 18.3 Å². The van der Waals surface area contributed by atoms with Gasteiger partial charge < -0.3 is 25.2 Å². The molecule has 1 saturated heterocycles. The number of benzene rings is 2. The van der Waals surface area contributed by atoms with E-state index in [9.17, 15) is 20.2 Å². The standard InChI is InChI=1S/C30H37N9O4/c1-5-37-12-14-38(15-13-37)24-10-11-25(27(16-24)43-29(40)35-36-30(2,3)4)34-28-17-26(22(18-31)20-33-28)32-19-21-6-8-23(9-7-21)39(41)42/h6-11,16-17,20,36H,5,12-15,19H2,1-4H3,(H,35,40)(H2,32,33,34). The number of ether oxygens (including phenoxy) is 1. The summed E-state index contributed by atoms with van der Waals surface area (Å²) in [6, 6.07) is 15.6. The highest BCUT2D eigenvalue weighted by atomic mass is 16.6. The molecule has 13 heteroatoms. The number of nitrogens with zero attached hydrogens (tertiary/aromatic N) is 5. The molecule has 1 aliphatic heterocycles. The van der Waals surface area contributed by atoms with Gasteiger partial charge in [-0.05, 0) is 45.0 Å². The smallest absolute Gasteiger partial charge is 0.407 e. The van der Waals surface area contributed by atoms with Crippen molar-refractivity contribution in [2.24, 2.45) is 0 Å². The highest BCUT2D eigenvalue weighted by Crippen LogP contribution is 2.33. The summed E-state index contributed by atoms with van der Waals surface area (Å²) in [5.74, 6) is 0.739. The fourth-order valence-corrected chi connectivity index (χ4v) is 4.41. The van der Waals surface area contributed by atoms with Crippen LogP contribution in [0.25, 0.3) is 0 Å². The Bertz CT molecular complexity index is 1470. The number of carbonyl (C=O) groups excluding carboxylic acids is 1. The molecular formula is C30H37N9O4. The molecule has 1 fully saturated rings. The zero-order valence-corrected chi connectivity index (χ0v) is 24.8. The molecule has 13 nitrogen and oxygen atoms in total. The number of rotatable bonds is 10. The van der Waals surface area contributed by atoms with Crippen molar-refractivity contribution in [3.63, 3.8) is 0 Å². The first-order valence-electron chi connectivity index (χ1n) is 14.1. The first-order chi connectivity index (χ1) is 20.5. The summed E-state index contributed by atoms with van der Waals surface area (Å²) in [5.41, 5.74) is 8.26. The molecule has 2 heterocycles. The zero-order chi connectivity index (χ0) is 31.0. The normalized spacial score (nSPS) is 13.6. The summed E-state index contributed by atoms with van der Waals surface area (Å²) in [4.78, 5) is 32.2. The van der Waals surface area contributed by atoms with Crippen molar-refractivity contribution in [2.75, 3.05) is 48.3 Å². The minimum Gasteiger partial charge on any atom is -0.407 e. The number of nitrogens with one attached hydrogen (secondary N) is 4. The predicted molar refractivity (Wildman–Crippen MR) is 165 cm³/mol. The van der Waals surface area contributed by atoms with Gasteiger partial charge in [0.2, 0.25) is 0 Å². The third-order valence-electron chi connectivity index (χ3n) is 6.81. The number of hydrogen-bond acceptors (Lipinski definition) is 11. The van der Waals surface area contributed by atoms with Gasteiger partial charge in [0.15, 0.2) is 5.75 Å². The van der Waals surface area contributed by atoms with Crippen LogP contribution in [0.2, 0.25) is 0 Å². The van der Waals surface area contributed by atoms with E-state index < -0.39 is 11.0 Å². The summed E-state index contributed by atoms with van der Waals surface area (Å²) in [7, 11) is 0.